The Morgan fingerprint density at radius 1 is 1.00 bits per heavy atom. The molecule has 0 radical (unpaired) electrons. The van der Waals surface area contributed by atoms with Gasteiger partial charge in [-0.2, -0.15) is 0 Å². The van der Waals surface area contributed by atoms with Gasteiger partial charge in [-0.15, -0.1) is 0 Å². The number of para-hydroxylation sites is 1. The molecule has 3 aromatic carbocycles. The molecule has 0 aliphatic heterocycles. The van der Waals surface area contributed by atoms with Gasteiger partial charge in [0.2, 0.25) is 0 Å². The molecular weight excluding hydrogens is 390 g/mol. The monoisotopic (exact) mass is 413 g/mol. The second-order valence-electron chi connectivity index (χ2n) is 7.47. The highest BCUT2D eigenvalue weighted by Gasteiger charge is 2.10. The number of rotatable bonds is 5. The van der Waals surface area contributed by atoms with Gasteiger partial charge in [0.15, 0.2) is 6.61 Å². The molecule has 4 rings (SSSR count). The van der Waals surface area contributed by atoms with Crippen LogP contribution in [0.4, 0.5) is 5.69 Å². The number of nitrogens with zero attached hydrogens (tertiary/aromatic N) is 2. The summed E-state index contributed by atoms with van der Waals surface area (Å²) in [6.07, 6.45) is 0. The molecule has 0 fully saturated rings. The number of amides is 1. The average molecular weight is 413 g/mol. The predicted molar refractivity (Wildman–Crippen MR) is 122 cm³/mol. The van der Waals surface area contributed by atoms with Gasteiger partial charge in [0.05, 0.1) is 16.6 Å². The van der Waals surface area contributed by atoms with Crippen molar-refractivity contribution in [1.29, 1.82) is 0 Å². The van der Waals surface area contributed by atoms with Crippen LogP contribution in [-0.4, -0.2) is 22.1 Å². The summed E-state index contributed by atoms with van der Waals surface area (Å²) in [5.41, 5.74) is 3.99. The van der Waals surface area contributed by atoms with Gasteiger partial charge in [0, 0.05) is 5.69 Å². The first kappa shape index (κ1) is 20.3. The molecule has 1 N–H and O–H groups in total. The van der Waals surface area contributed by atoms with Crippen molar-refractivity contribution in [3.8, 4) is 11.4 Å². The van der Waals surface area contributed by atoms with Crippen LogP contribution < -0.4 is 15.6 Å². The van der Waals surface area contributed by atoms with Gasteiger partial charge >= 0.3 is 0 Å². The first-order valence-corrected chi connectivity index (χ1v) is 10.0. The number of hydrogen-bond acceptors (Lipinski definition) is 4. The third kappa shape index (κ3) is 4.33. The molecule has 0 spiro atoms. The molecule has 6 nitrogen and oxygen atoms in total. The van der Waals surface area contributed by atoms with E-state index in [2.05, 4.69) is 10.3 Å². The van der Waals surface area contributed by atoms with Gasteiger partial charge in [-0.05, 0) is 68.8 Å². The molecule has 0 atom stereocenters. The Balaban J connectivity index is 1.48. The topological polar surface area (TPSA) is 73.2 Å². The fourth-order valence-corrected chi connectivity index (χ4v) is 3.54. The minimum Gasteiger partial charge on any atom is -0.483 e. The van der Waals surface area contributed by atoms with Crippen molar-refractivity contribution in [1.82, 2.24) is 9.55 Å². The van der Waals surface area contributed by atoms with Crippen molar-refractivity contribution >= 4 is 22.5 Å². The number of fused-ring (bicyclic) bond motifs is 1. The maximum Gasteiger partial charge on any atom is 0.265 e. The van der Waals surface area contributed by atoms with E-state index in [4.69, 9.17) is 4.74 Å². The molecule has 0 bridgehead atoms. The summed E-state index contributed by atoms with van der Waals surface area (Å²) >= 11 is 0. The third-order valence-electron chi connectivity index (χ3n) is 5.04. The lowest BCUT2D eigenvalue weighted by molar-refractivity contribution is -0.118. The van der Waals surface area contributed by atoms with E-state index >= 15 is 0 Å². The molecule has 4 aromatic rings. The quantitative estimate of drug-likeness (QED) is 0.529. The molecule has 0 unspecified atom stereocenters. The molecular formula is C25H23N3O3. The highest BCUT2D eigenvalue weighted by atomic mass is 16.5. The number of carbonyl (C=O) groups is 1. The average Bonchev–Trinajstić information content (AvgIpc) is 2.74. The molecule has 0 saturated heterocycles. The molecule has 156 valence electrons. The zero-order valence-electron chi connectivity index (χ0n) is 17.7. The largest absolute Gasteiger partial charge is 0.483 e. The zero-order valence-corrected chi connectivity index (χ0v) is 17.7. The Morgan fingerprint density at radius 3 is 2.48 bits per heavy atom. The molecule has 1 heterocycles. The minimum absolute atomic E-state index is 0.0845. The van der Waals surface area contributed by atoms with Gasteiger partial charge in [-0.3, -0.25) is 14.2 Å². The van der Waals surface area contributed by atoms with E-state index in [-0.39, 0.29) is 18.1 Å². The minimum atomic E-state index is -0.256. The summed E-state index contributed by atoms with van der Waals surface area (Å²) < 4.78 is 7.19. The number of anilines is 1. The summed E-state index contributed by atoms with van der Waals surface area (Å²) in [4.78, 5) is 29.7. The smallest absolute Gasteiger partial charge is 0.265 e. The fourth-order valence-electron chi connectivity index (χ4n) is 3.54. The zero-order chi connectivity index (χ0) is 22.0. The summed E-state index contributed by atoms with van der Waals surface area (Å²) in [5, 5.41) is 3.38. The van der Waals surface area contributed by atoms with Crippen molar-refractivity contribution in [2.24, 2.45) is 0 Å². The van der Waals surface area contributed by atoms with Gasteiger partial charge in [-0.1, -0.05) is 29.8 Å². The number of aryl methyl sites for hydroxylation is 3. The van der Waals surface area contributed by atoms with Gasteiger partial charge < -0.3 is 10.1 Å². The molecule has 31 heavy (non-hydrogen) atoms. The number of hydrogen-bond donors (Lipinski definition) is 1. The second kappa shape index (κ2) is 8.44. The number of aromatic nitrogens is 2. The molecule has 1 amide bonds. The highest BCUT2D eigenvalue weighted by Crippen LogP contribution is 2.19. The molecule has 0 saturated carbocycles. The number of benzene rings is 3. The van der Waals surface area contributed by atoms with Gasteiger partial charge in [-0.25, -0.2) is 4.98 Å². The van der Waals surface area contributed by atoms with Crippen molar-refractivity contribution in [2.45, 2.75) is 20.8 Å². The van der Waals surface area contributed by atoms with Crippen molar-refractivity contribution in [3.63, 3.8) is 0 Å². The van der Waals surface area contributed by atoms with E-state index in [0.29, 0.717) is 33.9 Å². The van der Waals surface area contributed by atoms with Crippen molar-refractivity contribution < 1.29 is 9.53 Å². The Labute approximate surface area is 180 Å². The van der Waals surface area contributed by atoms with Crippen LogP contribution in [0, 0.1) is 20.8 Å². The van der Waals surface area contributed by atoms with Crippen LogP contribution in [0.2, 0.25) is 0 Å². The summed E-state index contributed by atoms with van der Waals surface area (Å²) in [7, 11) is 0. The summed E-state index contributed by atoms with van der Waals surface area (Å²) in [6.45, 7) is 5.67. The second-order valence-corrected chi connectivity index (χ2v) is 7.47. The van der Waals surface area contributed by atoms with Crippen LogP contribution in [0.15, 0.2) is 71.5 Å². The van der Waals surface area contributed by atoms with Gasteiger partial charge in [0.1, 0.15) is 11.6 Å². The van der Waals surface area contributed by atoms with E-state index < -0.39 is 0 Å². The maximum atomic E-state index is 12.9. The Kier molecular flexibility index (Phi) is 5.54. The van der Waals surface area contributed by atoms with Gasteiger partial charge in [0.25, 0.3) is 11.5 Å². The lowest BCUT2D eigenvalue weighted by Gasteiger charge is -2.12. The first-order chi connectivity index (χ1) is 14.9. The Hall–Kier alpha value is -3.93. The van der Waals surface area contributed by atoms with E-state index in [9.17, 15) is 9.59 Å². The van der Waals surface area contributed by atoms with Crippen LogP contribution in [-0.2, 0) is 4.79 Å². The standard InChI is InChI=1S/C25H23N3O3/c1-16-8-13-23(17(2)14-16)31-15-24(29)27-19-9-11-20(12-10-19)28-18(3)26-22-7-5-4-6-21(22)25(28)30/h4-14H,15H2,1-3H3,(H,27,29). The molecule has 0 aliphatic carbocycles. The first-order valence-electron chi connectivity index (χ1n) is 10.0. The van der Waals surface area contributed by atoms with Crippen LogP contribution in [0.5, 0.6) is 5.75 Å². The van der Waals surface area contributed by atoms with Crippen molar-refractivity contribution in [2.75, 3.05) is 11.9 Å². The molecule has 6 heteroatoms. The van der Waals surface area contributed by atoms with E-state index in [0.717, 1.165) is 11.1 Å². The lowest BCUT2D eigenvalue weighted by Crippen LogP contribution is -2.22. The van der Waals surface area contributed by atoms with E-state index in [1.54, 1.807) is 41.8 Å². The fraction of sp³-hybridized carbons (Fsp3) is 0.160. The Morgan fingerprint density at radius 2 is 1.74 bits per heavy atom. The molecule has 0 aliphatic rings. The van der Waals surface area contributed by atoms with Crippen LogP contribution in [0.1, 0.15) is 17.0 Å². The maximum absolute atomic E-state index is 12.9. The predicted octanol–water partition coefficient (Wildman–Crippen LogP) is 4.33. The van der Waals surface area contributed by atoms with Crippen LogP contribution in [0.3, 0.4) is 0 Å². The molecule has 1 aromatic heterocycles. The Bertz CT molecular complexity index is 1320. The van der Waals surface area contributed by atoms with Crippen molar-refractivity contribution in [3.05, 3.63) is 94.0 Å². The van der Waals surface area contributed by atoms with E-state index in [1.165, 1.54) is 0 Å². The SMILES string of the molecule is Cc1ccc(OCC(=O)Nc2ccc(-n3c(C)nc4ccccc4c3=O)cc2)c(C)c1. The number of nitrogens with one attached hydrogen (secondary N) is 1. The summed E-state index contributed by atoms with van der Waals surface area (Å²) in [5.74, 6) is 1.03. The van der Waals surface area contributed by atoms with E-state index in [1.807, 2.05) is 50.2 Å². The third-order valence-corrected chi connectivity index (χ3v) is 5.04. The number of ether oxygens (including phenoxy) is 1. The summed E-state index contributed by atoms with van der Waals surface area (Å²) in [6, 6.07) is 20.2. The highest BCUT2D eigenvalue weighted by molar-refractivity contribution is 5.92. The lowest BCUT2D eigenvalue weighted by atomic mass is 10.1. The normalized spacial score (nSPS) is 10.8. The van der Waals surface area contributed by atoms with Crippen LogP contribution >= 0.6 is 0 Å². The van der Waals surface area contributed by atoms with Crippen LogP contribution in [0.25, 0.3) is 16.6 Å². The number of carbonyl (C=O) groups excluding carboxylic acids is 1.